The fourth-order valence-electron chi connectivity index (χ4n) is 2.17. The van der Waals surface area contributed by atoms with E-state index in [4.69, 9.17) is 0 Å². The quantitative estimate of drug-likeness (QED) is 0.844. The van der Waals surface area contributed by atoms with Crippen LogP contribution in [0.3, 0.4) is 0 Å². The minimum absolute atomic E-state index is 0.0331. The molecule has 0 radical (unpaired) electrons. The predicted octanol–water partition coefficient (Wildman–Crippen LogP) is 1.23. The summed E-state index contributed by atoms with van der Waals surface area (Å²) in [5.74, 6) is 0.0331. The molecule has 0 spiro atoms. The summed E-state index contributed by atoms with van der Waals surface area (Å²) in [4.78, 5) is 18.2. The van der Waals surface area contributed by atoms with Crippen LogP contribution in [0.1, 0.15) is 19.3 Å². The molecule has 2 N–H and O–H groups in total. The molecule has 1 amide bonds. The molecule has 1 saturated heterocycles. The number of rotatable bonds is 3. The molecule has 0 saturated carbocycles. The zero-order chi connectivity index (χ0) is 13.0. The second kappa shape index (κ2) is 5.82. The van der Waals surface area contributed by atoms with Gasteiger partial charge in [0.25, 0.3) is 0 Å². The maximum atomic E-state index is 12.1. The van der Waals surface area contributed by atoms with Gasteiger partial charge in [0, 0.05) is 20.3 Å². The van der Waals surface area contributed by atoms with Crippen molar-refractivity contribution in [3.63, 3.8) is 0 Å². The zero-order valence-corrected chi connectivity index (χ0v) is 10.9. The molecular formula is C13H20N4O. The number of pyridine rings is 1. The van der Waals surface area contributed by atoms with E-state index in [2.05, 4.69) is 15.6 Å². The van der Waals surface area contributed by atoms with E-state index in [1.54, 1.807) is 12.4 Å². The monoisotopic (exact) mass is 248 g/mol. The van der Waals surface area contributed by atoms with Crippen molar-refractivity contribution >= 4 is 17.3 Å². The largest absolute Gasteiger partial charge is 0.376 e. The normalized spacial score (nSPS) is 19.3. The molecule has 1 aromatic heterocycles. The number of piperidine rings is 1. The van der Waals surface area contributed by atoms with Gasteiger partial charge in [0.1, 0.15) is 0 Å². The molecule has 2 heterocycles. The lowest BCUT2D eigenvalue weighted by molar-refractivity contribution is -0.118. The highest BCUT2D eigenvalue weighted by Crippen LogP contribution is 2.22. The zero-order valence-electron chi connectivity index (χ0n) is 10.9. The molecule has 1 aliphatic rings. The summed E-state index contributed by atoms with van der Waals surface area (Å²) in [5.41, 5.74) is 1.73. The summed E-state index contributed by atoms with van der Waals surface area (Å²) < 4.78 is 0. The highest BCUT2D eigenvalue weighted by atomic mass is 16.2. The van der Waals surface area contributed by atoms with Crippen LogP contribution in [0.15, 0.2) is 18.5 Å². The van der Waals surface area contributed by atoms with E-state index in [0.29, 0.717) is 0 Å². The number of amides is 1. The van der Waals surface area contributed by atoms with E-state index >= 15 is 0 Å². The maximum absolute atomic E-state index is 12.1. The van der Waals surface area contributed by atoms with Crippen LogP contribution in [0.4, 0.5) is 11.4 Å². The molecule has 0 unspecified atom stereocenters. The van der Waals surface area contributed by atoms with Crippen LogP contribution < -0.4 is 15.5 Å². The van der Waals surface area contributed by atoms with Crippen molar-refractivity contribution in [2.45, 2.75) is 25.3 Å². The van der Waals surface area contributed by atoms with Gasteiger partial charge in [-0.2, -0.15) is 0 Å². The van der Waals surface area contributed by atoms with Crippen LogP contribution in [0.25, 0.3) is 0 Å². The van der Waals surface area contributed by atoms with Gasteiger partial charge < -0.3 is 15.5 Å². The van der Waals surface area contributed by atoms with Crippen molar-refractivity contribution in [2.75, 3.05) is 30.9 Å². The Morgan fingerprint density at radius 2 is 2.33 bits per heavy atom. The van der Waals surface area contributed by atoms with E-state index in [9.17, 15) is 4.79 Å². The highest BCUT2D eigenvalue weighted by molar-refractivity contribution is 5.97. The van der Waals surface area contributed by atoms with Gasteiger partial charge in [0.15, 0.2) is 0 Å². The average molecular weight is 248 g/mol. The summed E-state index contributed by atoms with van der Waals surface area (Å²) in [6.07, 6.45) is 6.58. The Kier molecular flexibility index (Phi) is 4.15. The van der Waals surface area contributed by atoms with Crippen LogP contribution >= 0.6 is 0 Å². The second-order valence-electron chi connectivity index (χ2n) is 4.78. The smallest absolute Gasteiger partial charge is 0.241 e. The van der Waals surface area contributed by atoms with Crippen LogP contribution in [0, 0.1) is 0 Å². The molecule has 1 fully saturated rings. The minimum Gasteiger partial charge on any atom is -0.376 e. The van der Waals surface area contributed by atoms with Crippen LogP contribution in [-0.4, -0.2) is 37.6 Å². The molecule has 1 aliphatic heterocycles. The van der Waals surface area contributed by atoms with Crippen molar-refractivity contribution in [1.29, 1.82) is 0 Å². The van der Waals surface area contributed by atoms with Gasteiger partial charge in [-0.1, -0.05) is 6.42 Å². The molecular weight excluding hydrogens is 228 g/mol. The number of carbonyl (C=O) groups is 1. The molecule has 5 heteroatoms. The third kappa shape index (κ3) is 2.98. The van der Waals surface area contributed by atoms with Gasteiger partial charge >= 0.3 is 0 Å². The molecule has 0 aromatic carbocycles. The lowest BCUT2D eigenvalue weighted by Gasteiger charge is -2.24. The van der Waals surface area contributed by atoms with Crippen LogP contribution in [0.2, 0.25) is 0 Å². The molecule has 98 valence electrons. The number of nitrogens with zero attached hydrogens (tertiary/aromatic N) is 2. The Hall–Kier alpha value is -1.62. The number of nitrogens with one attached hydrogen (secondary N) is 2. The van der Waals surface area contributed by atoms with E-state index in [0.717, 1.165) is 37.2 Å². The summed E-state index contributed by atoms with van der Waals surface area (Å²) in [6.45, 7) is 0.922. The number of aromatic nitrogens is 1. The fourth-order valence-corrected chi connectivity index (χ4v) is 2.17. The summed E-state index contributed by atoms with van der Waals surface area (Å²) in [5, 5.41) is 6.20. The van der Waals surface area contributed by atoms with Gasteiger partial charge in [-0.3, -0.25) is 9.78 Å². The number of carbonyl (C=O) groups excluding carboxylic acids is 1. The number of hydrogen-bond acceptors (Lipinski definition) is 4. The lowest BCUT2D eigenvalue weighted by atomic mass is 10.0. The van der Waals surface area contributed by atoms with Crippen molar-refractivity contribution < 1.29 is 4.79 Å². The molecule has 0 aliphatic carbocycles. The van der Waals surface area contributed by atoms with Crippen molar-refractivity contribution in [3.8, 4) is 0 Å². The molecule has 5 nitrogen and oxygen atoms in total. The third-order valence-electron chi connectivity index (χ3n) is 3.16. The van der Waals surface area contributed by atoms with Crippen molar-refractivity contribution in [3.05, 3.63) is 18.5 Å². The second-order valence-corrected chi connectivity index (χ2v) is 4.78. The van der Waals surface area contributed by atoms with E-state index in [1.165, 1.54) is 0 Å². The standard InChI is InChI=1S/C13H20N4O/c1-17(2)12-6-8-14-9-11(12)16-13(18)10-5-3-4-7-15-10/h6,8-10,15H,3-5,7H2,1-2H3,(H,16,18)/t10-/m0/s1. The Morgan fingerprint density at radius 1 is 1.50 bits per heavy atom. The van der Waals surface area contributed by atoms with Crippen LogP contribution in [0.5, 0.6) is 0 Å². The van der Waals surface area contributed by atoms with E-state index in [-0.39, 0.29) is 11.9 Å². The first kappa shape index (κ1) is 12.8. The van der Waals surface area contributed by atoms with Gasteiger partial charge in [-0.15, -0.1) is 0 Å². The predicted molar refractivity (Wildman–Crippen MR) is 72.8 cm³/mol. The summed E-state index contributed by atoms with van der Waals surface area (Å²) in [6, 6.07) is 1.82. The summed E-state index contributed by atoms with van der Waals surface area (Å²) >= 11 is 0. The Labute approximate surface area is 108 Å². The number of hydrogen-bond donors (Lipinski definition) is 2. The van der Waals surface area contributed by atoms with Crippen molar-refractivity contribution in [2.24, 2.45) is 0 Å². The summed E-state index contributed by atoms with van der Waals surface area (Å²) in [7, 11) is 3.90. The van der Waals surface area contributed by atoms with Crippen molar-refractivity contribution in [1.82, 2.24) is 10.3 Å². The number of anilines is 2. The molecule has 0 bridgehead atoms. The maximum Gasteiger partial charge on any atom is 0.241 e. The Balaban J connectivity index is 2.06. The topological polar surface area (TPSA) is 57.3 Å². The molecule has 2 rings (SSSR count). The lowest BCUT2D eigenvalue weighted by Crippen LogP contribution is -2.43. The van der Waals surface area contributed by atoms with E-state index < -0.39 is 0 Å². The fraction of sp³-hybridized carbons (Fsp3) is 0.538. The first-order valence-electron chi connectivity index (χ1n) is 6.34. The Bertz CT molecular complexity index is 413. The first-order valence-corrected chi connectivity index (χ1v) is 6.34. The minimum atomic E-state index is -0.0750. The third-order valence-corrected chi connectivity index (χ3v) is 3.16. The van der Waals surface area contributed by atoms with Crippen LogP contribution in [-0.2, 0) is 4.79 Å². The molecule has 1 aromatic rings. The van der Waals surface area contributed by atoms with Gasteiger partial charge in [0.2, 0.25) is 5.91 Å². The SMILES string of the molecule is CN(C)c1ccncc1NC(=O)[C@@H]1CCCCN1. The average Bonchev–Trinajstić information content (AvgIpc) is 2.40. The Morgan fingerprint density at radius 3 is 3.00 bits per heavy atom. The van der Waals surface area contributed by atoms with E-state index in [1.807, 2.05) is 25.1 Å². The van der Waals surface area contributed by atoms with Gasteiger partial charge in [-0.05, 0) is 25.5 Å². The van der Waals surface area contributed by atoms with Gasteiger partial charge in [-0.25, -0.2) is 0 Å². The first-order chi connectivity index (χ1) is 8.68. The van der Waals surface area contributed by atoms with Gasteiger partial charge in [0.05, 0.1) is 23.6 Å². The highest BCUT2D eigenvalue weighted by Gasteiger charge is 2.21. The molecule has 1 atom stereocenters. The molecule has 18 heavy (non-hydrogen) atoms.